The standard InChI is InChI=1S/C18H18N4O/c1-12-11-20-17(21-12)15-8-4-10-22(15)18(23)14-7-2-5-13-6-3-9-19-16(13)14/h2-3,5-7,9,11,15H,4,8,10H2,1H3,(H,20,21)/t15-/m0/s1. The molecule has 1 aliphatic rings. The number of aromatic amines is 1. The van der Waals surface area contributed by atoms with Crippen LogP contribution >= 0.6 is 0 Å². The highest BCUT2D eigenvalue weighted by molar-refractivity contribution is 6.05. The minimum atomic E-state index is 0.0233. The minimum absolute atomic E-state index is 0.0233. The highest BCUT2D eigenvalue weighted by atomic mass is 16.2. The number of hydrogen-bond donors (Lipinski definition) is 1. The number of benzene rings is 1. The number of nitrogens with zero attached hydrogens (tertiary/aromatic N) is 3. The Balaban J connectivity index is 1.72. The first-order valence-corrected chi connectivity index (χ1v) is 7.90. The SMILES string of the molecule is Cc1cnc([C@@H]2CCCN2C(=O)c2cccc3cccnc23)[nH]1. The molecule has 0 aliphatic carbocycles. The molecule has 2 aromatic heterocycles. The van der Waals surface area contributed by atoms with Gasteiger partial charge in [-0.1, -0.05) is 18.2 Å². The van der Waals surface area contributed by atoms with Gasteiger partial charge in [0, 0.05) is 30.0 Å². The summed E-state index contributed by atoms with van der Waals surface area (Å²) in [6.07, 6.45) is 5.48. The van der Waals surface area contributed by atoms with Gasteiger partial charge in [0.25, 0.3) is 5.91 Å². The molecule has 5 nitrogen and oxygen atoms in total. The monoisotopic (exact) mass is 306 g/mol. The summed E-state index contributed by atoms with van der Waals surface area (Å²) in [6.45, 7) is 2.73. The van der Waals surface area contributed by atoms with Crippen molar-refractivity contribution in [3.8, 4) is 0 Å². The summed E-state index contributed by atoms with van der Waals surface area (Å²) in [7, 11) is 0. The predicted octanol–water partition coefficient (Wildman–Crippen LogP) is 3.24. The van der Waals surface area contributed by atoms with Crippen LogP contribution in [0.1, 0.15) is 40.8 Å². The van der Waals surface area contributed by atoms with Crippen LogP contribution in [0, 0.1) is 6.92 Å². The van der Waals surface area contributed by atoms with Crippen LogP contribution in [0.5, 0.6) is 0 Å². The number of nitrogens with one attached hydrogen (secondary N) is 1. The first-order valence-electron chi connectivity index (χ1n) is 7.90. The third kappa shape index (κ3) is 2.38. The molecule has 0 unspecified atom stereocenters. The van der Waals surface area contributed by atoms with Gasteiger partial charge in [0.05, 0.1) is 17.1 Å². The molecule has 1 aromatic carbocycles. The second-order valence-corrected chi connectivity index (χ2v) is 5.99. The highest BCUT2D eigenvalue weighted by Crippen LogP contribution is 2.32. The van der Waals surface area contributed by atoms with Gasteiger partial charge in [-0.2, -0.15) is 0 Å². The zero-order chi connectivity index (χ0) is 15.8. The number of aromatic nitrogens is 3. The van der Waals surface area contributed by atoms with E-state index in [0.717, 1.165) is 41.8 Å². The molecule has 0 radical (unpaired) electrons. The van der Waals surface area contributed by atoms with E-state index in [4.69, 9.17) is 0 Å². The van der Waals surface area contributed by atoms with Gasteiger partial charge in [-0.05, 0) is 31.9 Å². The maximum atomic E-state index is 13.1. The quantitative estimate of drug-likeness (QED) is 0.790. The van der Waals surface area contributed by atoms with E-state index in [2.05, 4.69) is 15.0 Å². The Morgan fingerprint density at radius 2 is 2.13 bits per heavy atom. The normalized spacial score (nSPS) is 17.8. The third-order valence-corrected chi connectivity index (χ3v) is 4.41. The number of carbonyl (C=O) groups excluding carboxylic acids is 1. The van der Waals surface area contributed by atoms with Gasteiger partial charge >= 0.3 is 0 Å². The Bertz CT molecular complexity index is 865. The van der Waals surface area contributed by atoms with Crippen LogP contribution in [0.2, 0.25) is 0 Å². The lowest BCUT2D eigenvalue weighted by Gasteiger charge is -2.23. The molecule has 1 saturated heterocycles. The average Bonchev–Trinajstić information content (AvgIpc) is 3.22. The smallest absolute Gasteiger partial charge is 0.256 e. The van der Waals surface area contributed by atoms with E-state index in [-0.39, 0.29) is 11.9 Å². The van der Waals surface area contributed by atoms with E-state index in [0.29, 0.717) is 5.56 Å². The third-order valence-electron chi connectivity index (χ3n) is 4.41. The lowest BCUT2D eigenvalue weighted by molar-refractivity contribution is 0.0732. The maximum absolute atomic E-state index is 13.1. The maximum Gasteiger partial charge on any atom is 0.256 e. The molecule has 1 atom stereocenters. The fourth-order valence-electron chi connectivity index (χ4n) is 3.33. The molecule has 1 N–H and O–H groups in total. The number of amides is 1. The molecule has 116 valence electrons. The summed E-state index contributed by atoms with van der Waals surface area (Å²) >= 11 is 0. The van der Waals surface area contributed by atoms with Crippen molar-refractivity contribution >= 4 is 16.8 Å². The van der Waals surface area contributed by atoms with Crippen molar-refractivity contribution in [1.29, 1.82) is 0 Å². The van der Waals surface area contributed by atoms with Gasteiger partial charge in [0.1, 0.15) is 5.82 Å². The van der Waals surface area contributed by atoms with Gasteiger partial charge < -0.3 is 9.88 Å². The molecule has 3 aromatic rings. The van der Waals surface area contributed by atoms with Crippen molar-refractivity contribution in [3.05, 3.63) is 59.8 Å². The molecule has 0 spiro atoms. The summed E-state index contributed by atoms with van der Waals surface area (Å²) in [4.78, 5) is 27.1. The number of fused-ring (bicyclic) bond motifs is 1. The van der Waals surface area contributed by atoms with Crippen molar-refractivity contribution in [3.63, 3.8) is 0 Å². The summed E-state index contributed by atoms with van der Waals surface area (Å²) in [5.74, 6) is 0.910. The van der Waals surface area contributed by atoms with Gasteiger partial charge in [-0.15, -0.1) is 0 Å². The molecule has 1 fully saturated rings. The number of H-pyrrole nitrogens is 1. The number of imidazole rings is 1. The van der Waals surface area contributed by atoms with Crippen LogP contribution in [-0.4, -0.2) is 32.3 Å². The Morgan fingerprint density at radius 1 is 1.26 bits per heavy atom. The number of hydrogen-bond acceptors (Lipinski definition) is 3. The van der Waals surface area contributed by atoms with E-state index in [1.165, 1.54) is 0 Å². The van der Waals surface area contributed by atoms with E-state index in [1.807, 2.05) is 48.4 Å². The fraction of sp³-hybridized carbons (Fsp3) is 0.278. The van der Waals surface area contributed by atoms with E-state index >= 15 is 0 Å². The van der Waals surface area contributed by atoms with Crippen molar-refractivity contribution in [2.45, 2.75) is 25.8 Å². The molecule has 4 rings (SSSR count). The van der Waals surface area contributed by atoms with E-state index in [1.54, 1.807) is 6.20 Å². The van der Waals surface area contributed by atoms with Crippen LogP contribution in [0.25, 0.3) is 10.9 Å². The molecule has 1 amide bonds. The Kier molecular flexibility index (Phi) is 3.33. The summed E-state index contributed by atoms with van der Waals surface area (Å²) in [5.41, 5.74) is 2.45. The number of likely N-dealkylation sites (tertiary alicyclic amines) is 1. The van der Waals surface area contributed by atoms with Gasteiger partial charge in [0.2, 0.25) is 0 Å². The van der Waals surface area contributed by atoms with Crippen molar-refractivity contribution < 1.29 is 4.79 Å². The van der Waals surface area contributed by atoms with Gasteiger partial charge in [-0.3, -0.25) is 9.78 Å². The Hall–Kier alpha value is -2.69. The van der Waals surface area contributed by atoms with Gasteiger partial charge in [0.15, 0.2) is 0 Å². The van der Waals surface area contributed by atoms with Gasteiger partial charge in [-0.25, -0.2) is 4.98 Å². The van der Waals surface area contributed by atoms with Crippen LogP contribution in [0.3, 0.4) is 0 Å². The zero-order valence-corrected chi connectivity index (χ0v) is 13.0. The highest BCUT2D eigenvalue weighted by Gasteiger charge is 2.33. The summed E-state index contributed by atoms with van der Waals surface area (Å²) in [6, 6.07) is 9.66. The summed E-state index contributed by atoms with van der Waals surface area (Å²) in [5, 5.41) is 0.989. The fourth-order valence-corrected chi connectivity index (χ4v) is 3.33. The first-order chi connectivity index (χ1) is 11.2. The number of rotatable bonds is 2. The van der Waals surface area contributed by atoms with E-state index < -0.39 is 0 Å². The molecule has 1 aliphatic heterocycles. The topological polar surface area (TPSA) is 61.9 Å². The molecule has 5 heteroatoms. The van der Waals surface area contributed by atoms with Crippen molar-refractivity contribution in [2.24, 2.45) is 0 Å². The van der Waals surface area contributed by atoms with Crippen LogP contribution < -0.4 is 0 Å². The minimum Gasteiger partial charge on any atom is -0.344 e. The van der Waals surface area contributed by atoms with Crippen LogP contribution in [0.15, 0.2) is 42.7 Å². The van der Waals surface area contributed by atoms with Crippen LogP contribution in [-0.2, 0) is 0 Å². The molecule has 3 heterocycles. The first kappa shape index (κ1) is 13.9. The lowest BCUT2D eigenvalue weighted by atomic mass is 10.1. The Labute approximate surface area is 134 Å². The number of carbonyl (C=O) groups is 1. The molecule has 0 saturated carbocycles. The van der Waals surface area contributed by atoms with Crippen molar-refractivity contribution in [1.82, 2.24) is 19.9 Å². The summed E-state index contributed by atoms with van der Waals surface area (Å²) < 4.78 is 0. The van der Waals surface area contributed by atoms with Crippen molar-refractivity contribution in [2.75, 3.05) is 6.54 Å². The Morgan fingerprint density at radius 3 is 2.96 bits per heavy atom. The number of pyridine rings is 1. The molecular formula is C18H18N4O. The lowest BCUT2D eigenvalue weighted by Crippen LogP contribution is -2.31. The second kappa shape index (κ2) is 5.50. The second-order valence-electron chi connectivity index (χ2n) is 5.99. The zero-order valence-electron chi connectivity index (χ0n) is 13.0. The largest absolute Gasteiger partial charge is 0.344 e. The number of para-hydroxylation sites is 1. The van der Waals surface area contributed by atoms with Crippen LogP contribution in [0.4, 0.5) is 0 Å². The molecular weight excluding hydrogens is 288 g/mol. The van der Waals surface area contributed by atoms with E-state index in [9.17, 15) is 4.79 Å². The molecule has 23 heavy (non-hydrogen) atoms. The predicted molar refractivity (Wildman–Crippen MR) is 88.1 cm³/mol. The average molecular weight is 306 g/mol. The molecule has 0 bridgehead atoms. The number of aryl methyl sites for hydroxylation is 1.